The summed E-state index contributed by atoms with van der Waals surface area (Å²) in [6.45, 7) is 3.96. The lowest BCUT2D eigenvalue weighted by Crippen LogP contribution is -2.12. The summed E-state index contributed by atoms with van der Waals surface area (Å²) in [7, 11) is 0. The van der Waals surface area contributed by atoms with Gasteiger partial charge in [0.2, 0.25) is 0 Å². The van der Waals surface area contributed by atoms with Crippen molar-refractivity contribution in [1.29, 1.82) is 0 Å². The highest BCUT2D eigenvalue weighted by Gasteiger charge is 2.09. The Labute approximate surface area is 122 Å². The fraction of sp³-hybridized carbons (Fsp3) is 0.133. The zero-order valence-electron chi connectivity index (χ0n) is 10.6. The van der Waals surface area contributed by atoms with Gasteiger partial charge in [-0.3, -0.25) is 4.79 Å². The van der Waals surface area contributed by atoms with Crippen molar-refractivity contribution in [3.8, 4) is 0 Å². The summed E-state index contributed by atoms with van der Waals surface area (Å²) in [4.78, 5) is 12.1. The molecule has 4 heteroatoms. The fourth-order valence-corrected chi connectivity index (χ4v) is 2.36. The summed E-state index contributed by atoms with van der Waals surface area (Å²) in [5.74, 6) is -0.226. The van der Waals surface area contributed by atoms with Gasteiger partial charge >= 0.3 is 0 Å². The van der Waals surface area contributed by atoms with Crippen LogP contribution in [-0.2, 0) is 0 Å². The Balaban J connectivity index is 2.25. The number of nitrogens with one attached hydrogen (secondary N) is 1. The molecule has 0 spiro atoms. The second-order valence-corrected chi connectivity index (χ2v) is 5.30. The number of aryl methyl sites for hydroxylation is 2. The molecule has 2 aromatic carbocycles. The smallest absolute Gasteiger partial charge is 0.255 e. The molecule has 0 saturated carbocycles. The number of carbonyl (C=O) groups is 1. The van der Waals surface area contributed by atoms with E-state index in [0.29, 0.717) is 15.6 Å². The molecule has 19 heavy (non-hydrogen) atoms. The molecule has 2 nitrogen and oxygen atoms in total. The van der Waals surface area contributed by atoms with Gasteiger partial charge in [-0.05, 0) is 43.7 Å². The van der Waals surface area contributed by atoms with Crippen LogP contribution in [0.15, 0.2) is 36.4 Å². The summed E-state index contributed by atoms with van der Waals surface area (Å²) in [5, 5.41) is 3.74. The number of benzene rings is 2. The van der Waals surface area contributed by atoms with E-state index in [1.54, 1.807) is 18.2 Å². The summed E-state index contributed by atoms with van der Waals surface area (Å²) in [6, 6.07) is 10.6. The van der Waals surface area contributed by atoms with Gasteiger partial charge in [-0.2, -0.15) is 0 Å². The maximum atomic E-state index is 12.1. The van der Waals surface area contributed by atoms with E-state index in [4.69, 9.17) is 23.2 Å². The van der Waals surface area contributed by atoms with Crippen molar-refractivity contribution in [3.63, 3.8) is 0 Å². The normalized spacial score (nSPS) is 10.3. The van der Waals surface area contributed by atoms with Crippen LogP contribution in [0.2, 0.25) is 10.0 Å². The fourth-order valence-electron chi connectivity index (χ4n) is 1.83. The lowest BCUT2D eigenvalue weighted by atomic mass is 10.1. The number of carbonyl (C=O) groups excluding carboxylic acids is 1. The van der Waals surface area contributed by atoms with Crippen LogP contribution in [-0.4, -0.2) is 5.91 Å². The molecule has 0 bridgehead atoms. The van der Waals surface area contributed by atoms with Crippen molar-refractivity contribution >= 4 is 34.8 Å². The molecule has 1 N–H and O–H groups in total. The van der Waals surface area contributed by atoms with Gasteiger partial charge in [0, 0.05) is 21.3 Å². The number of hydrogen-bond donors (Lipinski definition) is 1. The van der Waals surface area contributed by atoms with Crippen LogP contribution in [0.3, 0.4) is 0 Å². The highest BCUT2D eigenvalue weighted by atomic mass is 35.5. The molecule has 0 aromatic heterocycles. The summed E-state index contributed by atoms with van der Waals surface area (Å²) in [6.07, 6.45) is 0. The van der Waals surface area contributed by atoms with Crippen LogP contribution in [0.25, 0.3) is 0 Å². The second kappa shape index (κ2) is 5.64. The van der Waals surface area contributed by atoms with Gasteiger partial charge in [0.1, 0.15) is 0 Å². The van der Waals surface area contributed by atoms with E-state index in [1.807, 2.05) is 32.0 Å². The van der Waals surface area contributed by atoms with Crippen molar-refractivity contribution in [1.82, 2.24) is 0 Å². The van der Waals surface area contributed by atoms with Crippen molar-refractivity contribution in [3.05, 3.63) is 63.1 Å². The first-order valence-corrected chi connectivity index (χ1v) is 6.56. The van der Waals surface area contributed by atoms with Gasteiger partial charge in [0.15, 0.2) is 0 Å². The Bertz CT molecular complexity index is 618. The summed E-state index contributed by atoms with van der Waals surface area (Å²) < 4.78 is 0. The van der Waals surface area contributed by atoms with Crippen molar-refractivity contribution < 1.29 is 4.79 Å². The molecule has 0 unspecified atom stereocenters. The predicted octanol–water partition coefficient (Wildman–Crippen LogP) is 4.86. The van der Waals surface area contributed by atoms with Crippen LogP contribution in [0.5, 0.6) is 0 Å². The molecule has 0 aliphatic rings. The van der Waals surface area contributed by atoms with E-state index >= 15 is 0 Å². The van der Waals surface area contributed by atoms with Gasteiger partial charge in [-0.1, -0.05) is 40.9 Å². The minimum absolute atomic E-state index is 0.226. The van der Waals surface area contributed by atoms with Crippen LogP contribution in [0, 0.1) is 13.8 Å². The van der Waals surface area contributed by atoms with Crippen molar-refractivity contribution in [2.75, 3.05) is 5.32 Å². The van der Waals surface area contributed by atoms with E-state index in [2.05, 4.69) is 5.32 Å². The van der Waals surface area contributed by atoms with Crippen LogP contribution < -0.4 is 5.32 Å². The number of anilines is 1. The Morgan fingerprint density at radius 1 is 1.00 bits per heavy atom. The Morgan fingerprint density at radius 2 is 1.63 bits per heavy atom. The highest BCUT2D eigenvalue weighted by molar-refractivity contribution is 6.35. The maximum absolute atomic E-state index is 12.1. The number of rotatable bonds is 2. The van der Waals surface area contributed by atoms with Gasteiger partial charge in [-0.15, -0.1) is 0 Å². The molecule has 0 aliphatic heterocycles. The topological polar surface area (TPSA) is 29.1 Å². The third-order valence-corrected chi connectivity index (χ3v) is 3.19. The predicted molar refractivity (Wildman–Crippen MR) is 80.3 cm³/mol. The van der Waals surface area contributed by atoms with Crippen molar-refractivity contribution in [2.45, 2.75) is 13.8 Å². The molecule has 2 aromatic rings. The molecular weight excluding hydrogens is 281 g/mol. The van der Waals surface area contributed by atoms with Crippen LogP contribution >= 0.6 is 23.2 Å². The SMILES string of the molecule is Cc1ccc(NC(=O)c2cc(Cl)cc(Cl)c2)c(C)c1. The first-order chi connectivity index (χ1) is 8.95. The van der Waals surface area contributed by atoms with Gasteiger partial charge in [0.25, 0.3) is 5.91 Å². The monoisotopic (exact) mass is 293 g/mol. The molecule has 0 saturated heterocycles. The Morgan fingerprint density at radius 3 is 2.21 bits per heavy atom. The van der Waals surface area contributed by atoms with Gasteiger partial charge in [0.05, 0.1) is 0 Å². The third kappa shape index (κ3) is 3.49. The van der Waals surface area contributed by atoms with Crippen molar-refractivity contribution in [2.24, 2.45) is 0 Å². The van der Waals surface area contributed by atoms with Gasteiger partial charge < -0.3 is 5.32 Å². The molecule has 0 radical (unpaired) electrons. The molecule has 0 heterocycles. The third-order valence-electron chi connectivity index (χ3n) is 2.75. The molecule has 0 aliphatic carbocycles. The molecular formula is C15H13Cl2NO. The van der Waals surface area contributed by atoms with Crippen LogP contribution in [0.1, 0.15) is 21.5 Å². The first-order valence-electron chi connectivity index (χ1n) is 5.80. The molecule has 2 rings (SSSR count). The maximum Gasteiger partial charge on any atom is 0.255 e. The average molecular weight is 294 g/mol. The molecule has 1 amide bonds. The minimum atomic E-state index is -0.226. The van der Waals surface area contributed by atoms with Crippen LogP contribution in [0.4, 0.5) is 5.69 Å². The number of halogens is 2. The zero-order chi connectivity index (χ0) is 14.0. The largest absolute Gasteiger partial charge is 0.322 e. The van der Waals surface area contributed by atoms with E-state index < -0.39 is 0 Å². The van der Waals surface area contributed by atoms with E-state index in [1.165, 1.54) is 0 Å². The number of hydrogen-bond acceptors (Lipinski definition) is 1. The molecule has 98 valence electrons. The second-order valence-electron chi connectivity index (χ2n) is 4.43. The standard InChI is InChI=1S/C15H13Cl2NO/c1-9-3-4-14(10(2)5-9)18-15(19)11-6-12(16)8-13(17)7-11/h3-8H,1-2H3,(H,18,19). The quantitative estimate of drug-likeness (QED) is 0.841. The van der Waals surface area contributed by atoms with E-state index in [9.17, 15) is 4.79 Å². The highest BCUT2D eigenvalue weighted by Crippen LogP contribution is 2.21. The first kappa shape index (κ1) is 13.9. The zero-order valence-corrected chi connectivity index (χ0v) is 12.1. The Kier molecular flexibility index (Phi) is 4.13. The minimum Gasteiger partial charge on any atom is -0.322 e. The number of amides is 1. The summed E-state index contributed by atoms with van der Waals surface area (Å²) in [5.41, 5.74) is 3.40. The Hall–Kier alpha value is -1.51. The molecule has 0 atom stereocenters. The molecule has 0 fully saturated rings. The van der Waals surface area contributed by atoms with E-state index in [0.717, 1.165) is 16.8 Å². The lowest BCUT2D eigenvalue weighted by Gasteiger charge is -2.09. The van der Waals surface area contributed by atoms with Gasteiger partial charge in [-0.25, -0.2) is 0 Å². The van der Waals surface area contributed by atoms with E-state index in [-0.39, 0.29) is 5.91 Å². The lowest BCUT2D eigenvalue weighted by molar-refractivity contribution is 0.102. The average Bonchev–Trinajstić information content (AvgIpc) is 2.31. The summed E-state index contributed by atoms with van der Waals surface area (Å²) >= 11 is 11.8.